The predicted octanol–water partition coefficient (Wildman–Crippen LogP) is 1.18. The number of hydrogen-bond acceptors (Lipinski definition) is 7. The summed E-state index contributed by atoms with van der Waals surface area (Å²) in [6, 6.07) is 11.0. The summed E-state index contributed by atoms with van der Waals surface area (Å²) in [6.45, 7) is 0.851. The van der Waals surface area contributed by atoms with Gasteiger partial charge in [0.05, 0.1) is 11.1 Å². The van der Waals surface area contributed by atoms with Crippen molar-refractivity contribution in [1.82, 2.24) is 9.55 Å². The number of ether oxygens (including phenoxy) is 1. The molecule has 0 amide bonds. The zero-order valence-electron chi connectivity index (χ0n) is 18.7. The molecule has 1 aliphatic heterocycles. The fourth-order valence-corrected chi connectivity index (χ4v) is 4.60. The van der Waals surface area contributed by atoms with Gasteiger partial charge in [0.1, 0.15) is 12.2 Å². The minimum Gasteiger partial charge on any atom is -0.478 e. The summed E-state index contributed by atoms with van der Waals surface area (Å²) in [5, 5.41) is 42.5. The van der Waals surface area contributed by atoms with E-state index in [-0.39, 0.29) is 11.1 Å². The van der Waals surface area contributed by atoms with Gasteiger partial charge in [-0.3, -0.25) is 14.3 Å². The number of aromatic nitrogens is 2. The quantitative estimate of drug-likeness (QED) is 0.332. The van der Waals surface area contributed by atoms with Gasteiger partial charge in [-0.05, 0) is 24.6 Å². The van der Waals surface area contributed by atoms with Crippen molar-refractivity contribution in [1.29, 1.82) is 0 Å². The number of H-pyrrole nitrogens is 1. The maximum atomic E-state index is 16.8. The molecule has 0 saturated carbocycles. The van der Waals surface area contributed by atoms with Gasteiger partial charge >= 0.3 is 17.6 Å². The molecular weight excluding hydrogens is 479 g/mol. The number of aliphatic hydroxyl groups excluding tert-OH is 1. The fraction of sp³-hybridized carbons (Fsp3) is 0.250. The van der Waals surface area contributed by atoms with E-state index in [0.717, 1.165) is 31.3 Å². The highest BCUT2D eigenvalue weighted by Gasteiger charge is 2.69. The number of benzene rings is 2. The van der Waals surface area contributed by atoms with E-state index in [9.17, 15) is 39.6 Å². The van der Waals surface area contributed by atoms with Crippen LogP contribution in [0.2, 0.25) is 0 Å². The average molecular weight is 500 g/mol. The van der Waals surface area contributed by atoms with E-state index < -0.39 is 64.0 Å². The maximum Gasteiger partial charge on any atom is 0.336 e. The second-order valence-corrected chi connectivity index (χ2v) is 8.46. The number of halogens is 1. The zero-order valence-corrected chi connectivity index (χ0v) is 18.7. The van der Waals surface area contributed by atoms with Crippen LogP contribution >= 0.6 is 0 Å². The molecule has 188 valence electrons. The van der Waals surface area contributed by atoms with Crippen LogP contribution in [0.15, 0.2) is 70.4 Å². The standard InChI is InChI=1S/C24H21FN2O9/c1-23(25)21(27-11-10-16(28)26-22(27)34)36-18(17(29)12-6-2-3-7-13(12)19(30)31)24(23,35)15-9-5-4-8-14(15)20(32)33/h2-11,17-18,21,29,35H,1H3,(H,30,31)(H,32,33)(H,26,28,34). The van der Waals surface area contributed by atoms with E-state index in [2.05, 4.69) is 0 Å². The second-order valence-electron chi connectivity index (χ2n) is 8.46. The Labute approximate surface area is 201 Å². The first-order chi connectivity index (χ1) is 16.9. The molecule has 12 heteroatoms. The number of carboxylic acid groups (broad SMARTS) is 2. The summed E-state index contributed by atoms with van der Waals surface area (Å²) in [4.78, 5) is 49.7. The minimum absolute atomic E-state index is 0.244. The number of hydrogen-bond donors (Lipinski definition) is 5. The molecule has 0 radical (unpaired) electrons. The number of aromatic carboxylic acids is 2. The summed E-state index contributed by atoms with van der Waals surface area (Å²) >= 11 is 0. The summed E-state index contributed by atoms with van der Waals surface area (Å²) in [5.74, 6) is -2.94. The molecule has 1 fully saturated rings. The van der Waals surface area contributed by atoms with Crippen LogP contribution in [0.1, 0.15) is 51.1 Å². The molecule has 1 saturated heterocycles. The molecule has 5 unspecified atom stereocenters. The molecule has 36 heavy (non-hydrogen) atoms. The Morgan fingerprint density at radius 2 is 1.61 bits per heavy atom. The molecule has 5 atom stereocenters. The molecule has 1 aliphatic rings. The van der Waals surface area contributed by atoms with Gasteiger partial charge in [-0.25, -0.2) is 18.8 Å². The number of nitrogens with one attached hydrogen (secondary N) is 1. The van der Waals surface area contributed by atoms with E-state index in [1.807, 2.05) is 4.98 Å². The first-order valence-corrected chi connectivity index (χ1v) is 10.6. The third-order valence-corrected chi connectivity index (χ3v) is 6.36. The van der Waals surface area contributed by atoms with Gasteiger partial charge in [-0.15, -0.1) is 0 Å². The molecule has 0 bridgehead atoms. The average Bonchev–Trinajstić information content (AvgIpc) is 3.05. The highest BCUT2D eigenvalue weighted by molar-refractivity contribution is 5.90. The van der Waals surface area contributed by atoms with Gasteiger partial charge in [0, 0.05) is 17.8 Å². The van der Waals surface area contributed by atoms with Crippen molar-refractivity contribution in [2.75, 3.05) is 0 Å². The van der Waals surface area contributed by atoms with Crippen LogP contribution in [-0.2, 0) is 10.3 Å². The number of carbonyl (C=O) groups is 2. The third-order valence-electron chi connectivity index (χ3n) is 6.36. The molecule has 0 spiro atoms. The van der Waals surface area contributed by atoms with Crippen molar-refractivity contribution >= 4 is 11.9 Å². The van der Waals surface area contributed by atoms with Crippen molar-refractivity contribution in [3.63, 3.8) is 0 Å². The Balaban J connectivity index is 1.99. The molecule has 1 aromatic heterocycles. The Kier molecular flexibility index (Phi) is 6.12. The SMILES string of the molecule is CC1(F)C(n2ccc(=O)[nH]c2=O)OC(C(O)c2ccccc2C(=O)O)C1(O)c1ccccc1C(=O)O. The largest absolute Gasteiger partial charge is 0.478 e. The summed E-state index contributed by atoms with van der Waals surface area (Å²) < 4.78 is 23.1. The molecule has 4 rings (SSSR count). The summed E-state index contributed by atoms with van der Waals surface area (Å²) in [5.41, 5.74) is -9.39. The fourth-order valence-electron chi connectivity index (χ4n) is 4.60. The predicted molar refractivity (Wildman–Crippen MR) is 120 cm³/mol. The van der Waals surface area contributed by atoms with Crippen LogP contribution in [0.4, 0.5) is 4.39 Å². The van der Waals surface area contributed by atoms with E-state index in [1.165, 1.54) is 36.4 Å². The van der Waals surface area contributed by atoms with Gasteiger partial charge in [0.25, 0.3) is 5.56 Å². The highest BCUT2D eigenvalue weighted by atomic mass is 19.1. The van der Waals surface area contributed by atoms with Gasteiger partial charge < -0.3 is 25.2 Å². The Bertz CT molecular complexity index is 1460. The molecule has 5 N–H and O–H groups in total. The van der Waals surface area contributed by atoms with Crippen LogP contribution in [0.5, 0.6) is 0 Å². The van der Waals surface area contributed by atoms with Crippen molar-refractivity contribution in [3.8, 4) is 0 Å². The Hall–Kier alpha value is -4.13. The lowest BCUT2D eigenvalue weighted by Gasteiger charge is -2.39. The van der Waals surface area contributed by atoms with E-state index in [1.54, 1.807) is 0 Å². The number of carboxylic acids is 2. The normalized spacial score (nSPS) is 26.4. The smallest absolute Gasteiger partial charge is 0.336 e. The van der Waals surface area contributed by atoms with Gasteiger partial charge in [-0.1, -0.05) is 36.4 Å². The van der Waals surface area contributed by atoms with Crippen molar-refractivity contribution in [2.24, 2.45) is 0 Å². The lowest BCUT2D eigenvalue weighted by atomic mass is 9.73. The van der Waals surface area contributed by atoms with Gasteiger partial charge in [-0.2, -0.15) is 0 Å². The van der Waals surface area contributed by atoms with Crippen molar-refractivity contribution in [2.45, 2.75) is 36.6 Å². The molecule has 2 aromatic carbocycles. The minimum atomic E-state index is -3.00. The van der Waals surface area contributed by atoms with E-state index in [0.29, 0.717) is 4.57 Å². The number of alkyl halides is 1. The zero-order chi connectivity index (χ0) is 26.4. The molecule has 3 aromatic rings. The first kappa shape index (κ1) is 25.0. The van der Waals surface area contributed by atoms with Crippen LogP contribution in [0.25, 0.3) is 0 Å². The maximum absolute atomic E-state index is 16.8. The van der Waals surface area contributed by atoms with Crippen LogP contribution in [-0.4, -0.2) is 53.7 Å². The third kappa shape index (κ3) is 3.71. The van der Waals surface area contributed by atoms with Crippen molar-refractivity contribution < 1.29 is 39.1 Å². The highest BCUT2D eigenvalue weighted by Crippen LogP contribution is 2.56. The number of nitrogens with zero attached hydrogens (tertiary/aromatic N) is 1. The number of rotatable bonds is 6. The number of aliphatic hydroxyl groups is 2. The molecule has 2 heterocycles. The topological polar surface area (TPSA) is 179 Å². The first-order valence-electron chi connectivity index (χ1n) is 10.6. The molecule has 11 nitrogen and oxygen atoms in total. The summed E-state index contributed by atoms with van der Waals surface area (Å²) in [6.07, 6.45) is -5.04. The number of aromatic amines is 1. The van der Waals surface area contributed by atoms with Crippen LogP contribution < -0.4 is 11.2 Å². The van der Waals surface area contributed by atoms with Crippen LogP contribution in [0, 0.1) is 0 Å². The molecule has 0 aliphatic carbocycles. The Morgan fingerprint density at radius 1 is 1.03 bits per heavy atom. The molecular formula is C24H21FN2O9. The van der Waals surface area contributed by atoms with Gasteiger partial charge in [0.15, 0.2) is 17.5 Å². The lowest BCUT2D eigenvalue weighted by Crippen LogP contribution is -2.53. The van der Waals surface area contributed by atoms with Gasteiger partial charge in [0.2, 0.25) is 0 Å². The monoisotopic (exact) mass is 500 g/mol. The van der Waals surface area contributed by atoms with E-state index in [4.69, 9.17) is 4.74 Å². The van der Waals surface area contributed by atoms with Crippen molar-refractivity contribution in [3.05, 3.63) is 104 Å². The second kappa shape index (κ2) is 8.82. The Morgan fingerprint density at radius 3 is 2.22 bits per heavy atom. The van der Waals surface area contributed by atoms with Crippen LogP contribution in [0.3, 0.4) is 0 Å². The summed E-state index contributed by atoms with van der Waals surface area (Å²) in [7, 11) is 0. The van der Waals surface area contributed by atoms with E-state index >= 15 is 4.39 Å². The lowest BCUT2D eigenvalue weighted by molar-refractivity contribution is -0.134.